The summed E-state index contributed by atoms with van der Waals surface area (Å²) in [5.41, 5.74) is 0.703. The molecule has 2 rings (SSSR count). The Morgan fingerprint density at radius 2 is 2.14 bits per heavy atom. The van der Waals surface area contributed by atoms with Gasteiger partial charge in [-0.25, -0.2) is 0 Å². The average molecular weight is 292 g/mol. The normalized spacial score (nSPS) is 21.0. The third-order valence-corrected chi connectivity index (χ3v) is 3.88. The second-order valence-corrected chi connectivity index (χ2v) is 5.75. The lowest BCUT2D eigenvalue weighted by Gasteiger charge is -2.34. The Morgan fingerprint density at radius 1 is 1.43 bits per heavy atom. The van der Waals surface area contributed by atoms with Crippen LogP contribution in [0.15, 0.2) is 24.3 Å². The molecule has 1 aromatic carbocycles. The van der Waals surface area contributed by atoms with Gasteiger partial charge in [-0.2, -0.15) is 0 Å². The third kappa shape index (κ3) is 4.72. The van der Waals surface area contributed by atoms with Gasteiger partial charge in [-0.3, -0.25) is 4.79 Å². The summed E-state index contributed by atoms with van der Waals surface area (Å²) in [7, 11) is 3.60. The van der Waals surface area contributed by atoms with Gasteiger partial charge in [-0.05, 0) is 37.9 Å². The number of hydrogen-bond acceptors (Lipinski definition) is 4. The lowest BCUT2D eigenvalue weighted by molar-refractivity contribution is -0.116. The zero-order chi connectivity index (χ0) is 15.2. The van der Waals surface area contributed by atoms with Crippen molar-refractivity contribution >= 4 is 11.6 Å². The van der Waals surface area contributed by atoms with Crippen LogP contribution in [0, 0.1) is 5.92 Å². The molecule has 116 valence electrons. The summed E-state index contributed by atoms with van der Waals surface area (Å²) >= 11 is 0. The van der Waals surface area contributed by atoms with Crippen LogP contribution in [0.25, 0.3) is 0 Å². The number of para-hydroxylation sites is 2. The molecule has 0 spiro atoms. The molecule has 0 aromatic heterocycles. The minimum Gasteiger partial charge on any atom is -0.495 e. The van der Waals surface area contributed by atoms with Crippen LogP contribution in [0.4, 0.5) is 5.69 Å². The van der Waals surface area contributed by atoms with E-state index in [0.29, 0.717) is 30.3 Å². The van der Waals surface area contributed by atoms with Crippen LogP contribution in [0.3, 0.4) is 0 Å². The standard InChI is InChI=1S/C16H24N2O3/c1-18(11-12-9-13(19)10-12)8-7-16(20)17-14-5-3-4-6-15(14)21-2/h3-6,12-13,19H,7-11H2,1-2H3,(H,17,20). The Morgan fingerprint density at radius 3 is 2.81 bits per heavy atom. The molecule has 1 aromatic rings. The number of nitrogens with zero attached hydrogens (tertiary/aromatic N) is 1. The molecule has 2 N–H and O–H groups in total. The average Bonchev–Trinajstić information content (AvgIpc) is 2.44. The van der Waals surface area contributed by atoms with Crippen molar-refractivity contribution in [2.75, 3.05) is 32.6 Å². The number of methoxy groups -OCH3 is 1. The van der Waals surface area contributed by atoms with Crippen LogP contribution in [-0.4, -0.2) is 49.3 Å². The van der Waals surface area contributed by atoms with Crippen LogP contribution < -0.4 is 10.1 Å². The minimum absolute atomic E-state index is 0.0139. The predicted molar refractivity (Wildman–Crippen MR) is 82.5 cm³/mol. The summed E-state index contributed by atoms with van der Waals surface area (Å²) < 4.78 is 5.21. The van der Waals surface area contributed by atoms with E-state index in [2.05, 4.69) is 10.2 Å². The fourth-order valence-corrected chi connectivity index (χ4v) is 2.63. The van der Waals surface area contributed by atoms with Gasteiger partial charge in [0.2, 0.25) is 5.91 Å². The summed E-state index contributed by atoms with van der Waals surface area (Å²) in [6, 6.07) is 7.39. The third-order valence-electron chi connectivity index (χ3n) is 3.88. The second-order valence-electron chi connectivity index (χ2n) is 5.75. The monoisotopic (exact) mass is 292 g/mol. The SMILES string of the molecule is COc1ccccc1NC(=O)CCN(C)CC1CC(O)C1. The first-order valence-corrected chi connectivity index (χ1v) is 7.38. The number of aliphatic hydroxyl groups excluding tert-OH is 1. The molecule has 0 heterocycles. The summed E-state index contributed by atoms with van der Waals surface area (Å²) in [6.45, 7) is 1.66. The van der Waals surface area contributed by atoms with E-state index in [9.17, 15) is 9.90 Å². The maximum Gasteiger partial charge on any atom is 0.225 e. The van der Waals surface area contributed by atoms with Crippen LogP contribution in [0.5, 0.6) is 5.75 Å². The van der Waals surface area contributed by atoms with E-state index in [-0.39, 0.29) is 12.0 Å². The number of aliphatic hydroxyl groups is 1. The van der Waals surface area contributed by atoms with E-state index in [1.54, 1.807) is 7.11 Å². The van der Waals surface area contributed by atoms with Crippen molar-refractivity contribution in [3.63, 3.8) is 0 Å². The molecule has 0 bridgehead atoms. The van der Waals surface area contributed by atoms with Gasteiger partial charge < -0.3 is 20.1 Å². The summed E-state index contributed by atoms with van der Waals surface area (Å²) in [5, 5.41) is 12.1. The van der Waals surface area contributed by atoms with Crippen LogP contribution in [0.1, 0.15) is 19.3 Å². The summed E-state index contributed by atoms with van der Waals surface area (Å²) in [4.78, 5) is 14.1. The molecule has 0 aliphatic heterocycles. The topological polar surface area (TPSA) is 61.8 Å². The molecule has 5 heteroatoms. The second kappa shape index (κ2) is 7.43. The van der Waals surface area contributed by atoms with Crippen LogP contribution >= 0.6 is 0 Å². The van der Waals surface area contributed by atoms with Crippen molar-refractivity contribution in [1.82, 2.24) is 4.90 Å². The minimum atomic E-state index is -0.114. The molecular formula is C16H24N2O3. The molecule has 1 fully saturated rings. The molecule has 0 saturated heterocycles. The Labute approximate surface area is 125 Å². The van der Waals surface area contributed by atoms with Gasteiger partial charge in [0.15, 0.2) is 0 Å². The lowest BCUT2D eigenvalue weighted by Crippen LogP contribution is -2.38. The molecule has 5 nitrogen and oxygen atoms in total. The fraction of sp³-hybridized carbons (Fsp3) is 0.562. The number of amides is 1. The number of carbonyl (C=O) groups is 1. The van der Waals surface area contributed by atoms with Gasteiger partial charge in [0.05, 0.1) is 18.9 Å². The number of hydrogen-bond donors (Lipinski definition) is 2. The van der Waals surface area contributed by atoms with Gasteiger partial charge in [0, 0.05) is 19.5 Å². The molecule has 1 amide bonds. The number of nitrogens with one attached hydrogen (secondary N) is 1. The highest BCUT2D eigenvalue weighted by atomic mass is 16.5. The number of anilines is 1. The smallest absolute Gasteiger partial charge is 0.225 e. The van der Waals surface area contributed by atoms with Crippen LogP contribution in [0.2, 0.25) is 0 Å². The molecule has 1 aliphatic carbocycles. The molecule has 0 radical (unpaired) electrons. The van der Waals surface area contributed by atoms with E-state index >= 15 is 0 Å². The number of benzene rings is 1. The molecule has 0 unspecified atom stereocenters. The van der Waals surface area contributed by atoms with Crippen LogP contribution in [-0.2, 0) is 4.79 Å². The molecule has 1 saturated carbocycles. The Kier molecular flexibility index (Phi) is 5.59. The summed E-state index contributed by atoms with van der Waals surface area (Å²) in [5.74, 6) is 1.23. The number of ether oxygens (including phenoxy) is 1. The quantitative estimate of drug-likeness (QED) is 0.803. The highest BCUT2D eigenvalue weighted by Gasteiger charge is 2.27. The first-order valence-electron chi connectivity index (χ1n) is 7.38. The predicted octanol–water partition coefficient (Wildman–Crippen LogP) is 1.73. The van der Waals surface area contributed by atoms with Gasteiger partial charge in [-0.15, -0.1) is 0 Å². The molecular weight excluding hydrogens is 268 g/mol. The number of rotatable bonds is 7. The van der Waals surface area contributed by atoms with Gasteiger partial charge in [0.25, 0.3) is 0 Å². The van der Waals surface area contributed by atoms with Gasteiger partial charge in [0.1, 0.15) is 5.75 Å². The molecule has 1 aliphatic rings. The Hall–Kier alpha value is -1.59. The first kappa shape index (κ1) is 15.8. The zero-order valence-corrected chi connectivity index (χ0v) is 12.7. The van der Waals surface area contributed by atoms with Gasteiger partial charge in [-0.1, -0.05) is 12.1 Å². The first-order chi connectivity index (χ1) is 10.1. The zero-order valence-electron chi connectivity index (χ0n) is 12.7. The summed E-state index contributed by atoms with van der Waals surface area (Å²) in [6.07, 6.45) is 2.11. The maximum atomic E-state index is 12.0. The highest BCUT2D eigenvalue weighted by molar-refractivity contribution is 5.92. The van der Waals surface area contributed by atoms with E-state index < -0.39 is 0 Å². The van der Waals surface area contributed by atoms with Gasteiger partial charge >= 0.3 is 0 Å². The fourth-order valence-electron chi connectivity index (χ4n) is 2.63. The molecule has 21 heavy (non-hydrogen) atoms. The maximum absolute atomic E-state index is 12.0. The van der Waals surface area contributed by atoms with E-state index in [4.69, 9.17) is 4.74 Å². The van der Waals surface area contributed by atoms with E-state index in [1.807, 2.05) is 31.3 Å². The highest BCUT2D eigenvalue weighted by Crippen LogP contribution is 2.27. The lowest BCUT2D eigenvalue weighted by atomic mass is 9.82. The number of carbonyl (C=O) groups excluding carboxylic acids is 1. The Bertz CT molecular complexity index is 472. The van der Waals surface area contributed by atoms with Crippen molar-refractivity contribution in [2.45, 2.75) is 25.4 Å². The van der Waals surface area contributed by atoms with Crippen molar-refractivity contribution < 1.29 is 14.6 Å². The van der Waals surface area contributed by atoms with Crippen molar-refractivity contribution in [1.29, 1.82) is 0 Å². The molecule has 0 atom stereocenters. The van der Waals surface area contributed by atoms with Crippen molar-refractivity contribution in [3.05, 3.63) is 24.3 Å². The van der Waals surface area contributed by atoms with E-state index in [0.717, 1.165) is 19.4 Å². The largest absolute Gasteiger partial charge is 0.495 e. The van der Waals surface area contributed by atoms with Crippen molar-refractivity contribution in [2.24, 2.45) is 5.92 Å². The van der Waals surface area contributed by atoms with E-state index in [1.165, 1.54) is 0 Å². The Balaban J connectivity index is 1.71. The van der Waals surface area contributed by atoms with Crippen molar-refractivity contribution in [3.8, 4) is 5.75 Å².